The SMILES string of the molecule is CC(=O)Nc1cc2c3c(cc([N+](=O)[O-])cc3c1)C(=O)N(CCN(C)C)C2=O. The Morgan fingerprint density at radius 1 is 1.15 bits per heavy atom. The average Bonchev–Trinajstić information content (AvgIpc) is 2.57. The third-order valence-electron chi connectivity index (χ3n) is 4.29. The highest BCUT2D eigenvalue weighted by atomic mass is 16.6. The molecule has 0 radical (unpaired) electrons. The Bertz CT molecular complexity index is 999. The number of likely N-dealkylation sites (N-methyl/N-ethyl adjacent to an activating group) is 1. The molecule has 2 aromatic carbocycles. The summed E-state index contributed by atoms with van der Waals surface area (Å²) < 4.78 is 0. The molecule has 1 N–H and O–H groups in total. The molecule has 9 heteroatoms. The molecule has 0 spiro atoms. The van der Waals surface area contributed by atoms with E-state index in [1.54, 1.807) is 0 Å². The van der Waals surface area contributed by atoms with Crippen LogP contribution < -0.4 is 5.32 Å². The summed E-state index contributed by atoms with van der Waals surface area (Å²) in [5, 5.41) is 14.6. The fraction of sp³-hybridized carbons (Fsp3) is 0.278. The number of nitro groups is 1. The van der Waals surface area contributed by atoms with E-state index in [0.717, 1.165) is 4.90 Å². The van der Waals surface area contributed by atoms with Crippen molar-refractivity contribution in [2.24, 2.45) is 0 Å². The van der Waals surface area contributed by atoms with Crippen molar-refractivity contribution in [2.75, 3.05) is 32.5 Å². The van der Waals surface area contributed by atoms with E-state index >= 15 is 0 Å². The van der Waals surface area contributed by atoms with Crippen LogP contribution in [0, 0.1) is 10.1 Å². The van der Waals surface area contributed by atoms with Crippen LogP contribution in [0.5, 0.6) is 0 Å². The lowest BCUT2D eigenvalue weighted by atomic mass is 9.92. The van der Waals surface area contributed by atoms with E-state index in [-0.39, 0.29) is 29.3 Å². The minimum Gasteiger partial charge on any atom is -0.326 e. The van der Waals surface area contributed by atoms with Crippen LogP contribution in [0.25, 0.3) is 10.8 Å². The van der Waals surface area contributed by atoms with Gasteiger partial charge in [0.15, 0.2) is 0 Å². The van der Waals surface area contributed by atoms with Gasteiger partial charge in [0.1, 0.15) is 0 Å². The molecule has 2 aromatic rings. The van der Waals surface area contributed by atoms with Crippen LogP contribution >= 0.6 is 0 Å². The highest BCUT2D eigenvalue weighted by Crippen LogP contribution is 2.35. The fourth-order valence-corrected chi connectivity index (χ4v) is 3.10. The van der Waals surface area contributed by atoms with E-state index in [4.69, 9.17) is 0 Å². The van der Waals surface area contributed by atoms with E-state index < -0.39 is 16.7 Å². The largest absolute Gasteiger partial charge is 0.326 e. The summed E-state index contributed by atoms with van der Waals surface area (Å²) in [6, 6.07) is 5.51. The summed E-state index contributed by atoms with van der Waals surface area (Å²) in [5.41, 5.74) is 0.437. The van der Waals surface area contributed by atoms with Gasteiger partial charge in [0.2, 0.25) is 5.91 Å². The molecule has 1 heterocycles. The van der Waals surface area contributed by atoms with E-state index in [9.17, 15) is 24.5 Å². The molecule has 0 fully saturated rings. The van der Waals surface area contributed by atoms with Gasteiger partial charge in [-0.15, -0.1) is 0 Å². The zero-order valence-electron chi connectivity index (χ0n) is 15.1. The van der Waals surface area contributed by atoms with Crippen molar-refractivity contribution in [2.45, 2.75) is 6.92 Å². The number of amides is 3. The molecule has 0 saturated heterocycles. The predicted molar refractivity (Wildman–Crippen MR) is 98.8 cm³/mol. The van der Waals surface area contributed by atoms with Crippen LogP contribution in [-0.2, 0) is 4.79 Å². The lowest BCUT2D eigenvalue weighted by molar-refractivity contribution is -0.384. The predicted octanol–water partition coefficient (Wildman–Crippen LogP) is 1.86. The number of benzene rings is 2. The summed E-state index contributed by atoms with van der Waals surface area (Å²) >= 11 is 0. The summed E-state index contributed by atoms with van der Waals surface area (Å²) in [5.74, 6) is -1.38. The molecular formula is C18H18N4O5. The van der Waals surface area contributed by atoms with Crippen LogP contribution in [0.2, 0.25) is 0 Å². The number of rotatable bonds is 5. The molecule has 9 nitrogen and oxygen atoms in total. The summed E-state index contributed by atoms with van der Waals surface area (Å²) in [4.78, 5) is 50.8. The number of hydrogen-bond acceptors (Lipinski definition) is 6. The Morgan fingerprint density at radius 2 is 1.78 bits per heavy atom. The second-order valence-electron chi connectivity index (χ2n) is 6.62. The number of nitrogens with zero attached hydrogens (tertiary/aromatic N) is 3. The number of hydrogen-bond donors (Lipinski definition) is 1. The quantitative estimate of drug-likeness (QED) is 0.488. The molecule has 0 unspecified atom stereocenters. The fourth-order valence-electron chi connectivity index (χ4n) is 3.10. The Kier molecular flexibility index (Phi) is 4.63. The zero-order valence-corrected chi connectivity index (χ0v) is 15.1. The molecule has 1 aliphatic rings. The topological polar surface area (TPSA) is 113 Å². The lowest BCUT2D eigenvalue weighted by Crippen LogP contribution is -2.43. The van der Waals surface area contributed by atoms with Gasteiger partial charge in [-0.2, -0.15) is 0 Å². The second-order valence-corrected chi connectivity index (χ2v) is 6.62. The maximum absolute atomic E-state index is 12.9. The maximum Gasteiger partial charge on any atom is 0.270 e. The van der Waals surface area contributed by atoms with Crippen molar-refractivity contribution in [1.82, 2.24) is 9.80 Å². The van der Waals surface area contributed by atoms with Crippen LogP contribution in [0.15, 0.2) is 24.3 Å². The highest BCUT2D eigenvalue weighted by molar-refractivity contribution is 6.26. The third-order valence-corrected chi connectivity index (χ3v) is 4.29. The Balaban J connectivity index is 2.24. The first-order chi connectivity index (χ1) is 12.7. The second kappa shape index (κ2) is 6.76. The Labute approximate surface area is 154 Å². The van der Waals surface area contributed by atoms with Crippen molar-refractivity contribution in [3.05, 3.63) is 45.5 Å². The van der Waals surface area contributed by atoms with Gasteiger partial charge in [-0.1, -0.05) is 0 Å². The van der Waals surface area contributed by atoms with Gasteiger partial charge in [-0.3, -0.25) is 29.4 Å². The minimum absolute atomic E-state index is 0.113. The first kappa shape index (κ1) is 18.5. The molecule has 27 heavy (non-hydrogen) atoms. The molecule has 3 rings (SSSR count). The smallest absolute Gasteiger partial charge is 0.270 e. The number of carbonyl (C=O) groups is 3. The molecule has 0 aromatic heterocycles. The molecule has 3 amide bonds. The van der Waals surface area contributed by atoms with Gasteiger partial charge in [-0.25, -0.2) is 0 Å². The number of non-ortho nitro benzene ring substituents is 1. The van der Waals surface area contributed by atoms with Gasteiger partial charge < -0.3 is 10.2 Å². The molecule has 140 valence electrons. The number of carbonyl (C=O) groups excluding carboxylic acids is 3. The zero-order chi connectivity index (χ0) is 19.9. The van der Waals surface area contributed by atoms with Crippen molar-refractivity contribution in [1.29, 1.82) is 0 Å². The Morgan fingerprint density at radius 3 is 2.33 bits per heavy atom. The van der Waals surface area contributed by atoms with Crippen molar-refractivity contribution >= 4 is 39.9 Å². The molecule has 0 saturated carbocycles. The Hall–Kier alpha value is -3.33. The first-order valence-corrected chi connectivity index (χ1v) is 8.23. The maximum atomic E-state index is 12.9. The lowest BCUT2D eigenvalue weighted by Gasteiger charge is -2.28. The molecule has 0 aliphatic carbocycles. The van der Waals surface area contributed by atoms with E-state index in [1.165, 1.54) is 31.2 Å². The summed E-state index contributed by atoms with van der Waals surface area (Å²) in [6.07, 6.45) is 0. The standard InChI is InChI=1S/C18H18N4O5/c1-10(23)19-12-6-11-7-13(22(26)27)9-15-16(11)14(8-12)17(24)21(18(15)25)5-4-20(2)3/h6-9H,4-5H2,1-3H3,(H,19,23). The molecular weight excluding hydrogens is 352 g/mol. The van der Waals surface area contributed by atoms with Crippen molar-refractivity contribution < 1.29 is 19.3 Å². The number of anilines is 1. The van der Waals surface area contributed by atoms with Crippen molar-refractivity contribution in [3.63, 3.8) is 0 Å². The number of nitrogens with one attached hydrogen (secondary N) is 1. The molecule has 0 atom stereocenters. The van der Waals surface area contributed by atoms with E-state index in [2.05, 4.69) is 5.32 Å². The van der Waals surface area contributed by atoms with Gasteiger partial charge in [0.25, 0.3) is 17.5 Å². The van der Waals surface area contributed by atoms with Gasteiger partial charge in [-0.05, 0) is 31.6 Å². The van der Waals surface area contributed by atoms with E-state index in [0.29, 0.717) is 23.0 Å². The van der Waals surface area contributed by atoms with Gasteiger partial charge >= 0.3 is 0 Å². The summed E-state index contributed by atoms with van der Waals surface area (Å²) in [7, 11) is 3.63. The molecule has 1 aliphatic heterocycles. The normalized spacial score (nSPS) is 13.4. The van der Waals surface area contributed by atoms with Crippen LogP contribution in [0.1, 0.15) is 27.6 Å². The van der Waals surface area contributed by atoms with Gasteiger partial charge in [0, 0.05) is 43.2 Å². The average molecular weight is 370 g/mol. The van der Waals surface area contributed by atoms with Crippen LogP contribution in [-0.4, -0.2) is 59.6 Å². The third kappa shape index (κ3) is 3.36. The van der Waals surface area contributed by atoms with Crippen LogP contribution in [0.4, 0.5) is 11.4 Å². The number of imide groups is 1. The highest BCUT2D eigenvalue weighted by Gasteiger charge is 2.34. The monoisotopic (exact) mass is 370 g/mol. The van der Waals surface area contributed by atoms with Gasteiger partial charge in [0.05, 0.1) is 16.1 Å². The summed E-state index contributed by atoms with van der Waals surface area (Å²) in [6.45, 7) is 1.93. The first-order valence-electron chi connectivity index (χ1n) is 8.23. The van der Waals surface area contributed by atoms with Crippen molar-refractivity contribution in [3.8, 4) is 0 Å². The number of nitro benzene ring substituents is 1. The van der Waals surface area contributed by atoms with E-state index in [1.807, 2.05) is 19.0 Å². The minimum atomic E-state index is -0.589. The van der Waals surface area contributed by atoms with Crippen LogP contribution in [0.3, 0.4) is 0 Å². The molecule has 0 bridgehead atoms.